The number of fused-ring (bicyclic) bond motifs is 3. The average Bonchev–Trinajstić information content (AvgIpc) is 3.37. The van der Waals surface area contributed by atoms with Crippen LogP contribution in [0.1, 0.15) is 0 Å². The van der Waals surface area contributed by atoms with Crippen LogP contribution in [0.4, 0.5) is 0 Å². The van der Waals surface area contributed by atoms with Crippen molar-refractivity contribution in [2.75, 3.05) is 0 Å². The number of aromatic hydroxyl groups is 1. The van der Waals surface area contributed by atoms with Gasteiger partial charge in [0.05, 0.1) is 27.7 Å². The molecule has 0 amide bonds. The molecule has 0 spiro atoms. The van der Waals surface area contributed by atoms with Crippen molar-refractivity contribution >= 4 is 49.0 Å². The van der Waals surface area contributed by atoms with Crippen molar-refractivity contribution in [1.29, 1.82) is 0 Å². The molecular formula is C29H15BrN4O4. The lowest BCUT2D eigenvalue weighted by Gasteiger charge is -2.13. The maximum atomic E-state index is 13.1. The predicted molar refractivity (Wildman–Crippen MR) is 147 cm³/mol. The van der Waals surface area contributed by atoms with Crippen molar-refractivity contribution in [3.8, 4) is 39.6 Å². The third kappa shape index (κ3) is 3.63. The van der Waals surface area contributed by atoms with E-state index in [4.69, 9.17) is 13.8 Å². The van der Waals surface area contributed by atoms with Crippen LogP contribution in [0.3, 0.4) is 0 Å². The fraction of sp³-hybridized carbons (Fsp3) is 0. The van der Waals surface area contributed by atoms with Crippen molar-refractivity contribution < 1.29 is 13.9 Å². The van der Waals surface area contributed by atoms with Crippen LogP contribution in [0, 0.1) is 0 Å². The monoisotopic (exact) mass is 562 g/mol. The molecule has 0 saturated carbocycles. The minimum absolute atomic E-state index is 0.268. The van der Waals surface area contributed by atoms with Crippen molar-refractivity contribution in [1.82, 2.24) is 19.9 Å². The first-order valence-electron chi connectivity index (χ1n) is 11.6. The van der Waals surface area contributed by atoms with Crippen molar-refractivity contribution in [2.24, 2.45) is 0 Å². The third-order valence-electron chi connectivity index (χ3n) is 6.31. The molecular weight excluding hydrogens is 548 g/mol. The molecule has 0 radical (unpaired) electrons. The van der Waals surface area contributed by atoms with E-state index in [1.54, 1.807) is 54.9 Å². The number of hydrogen-bond donors (Lipinski definition) is 1. The highest BCUT2D eigenvalue weighted by Gasteiger charge is 2.22. The normalized spacial score (nSPS) is 11.5. The Bertz CT molecular complexity index is 2100. The molecule has 0 saturated heterocycles. The molecule has 7 rings (SSSR count). The third-order valence-corrected chi connectivity index (χ3v) is 6.74. The fourth-order valence-electron chi connectivity index (χ4n) is 4.59. The van der Waals surface area contributed by atoms with Gasteiger partial charge in [0.25, 0.3) is 0 Å². The standard InChI is InChI=1S/C29H15BrN4O4/c30-24-10-9-23(37-24)25-17(18-13-15-3-1-2-4-22(15)38-29(18)36)6-8-20-27(25)34-28(35)26(33-20)16-5-7-19-21(14-16)32-12-11-31-19/h1-14H,(H,34,35). The summed E-state index contributed by atoms with van der Waals surface area (Å²) >= 11 is 3.35. The van der Waals surface area contributed by atoms with E-state index in [1.807, 2.05) is 30.3 Å². The first-order chi connectivity index (χ1) is 18.5. The molecule has 0 aliphatic rings. The van der Waals surface area contributed by atoms with Gasteiger partial charge in [-0.2, -0.15) is 0 Å². The van der Waals surface area contributed by atoms with E-state index < -0.39 is 5.63 Å². The Labute approximate surface area is 222 Å². The fourth-order valence-corrected chi connectivity index (χ4v) is 4.90. The summed E-state index contributed by atoms with van der Waals surface area (Å²) in [5.41, 5.74) is 4.61. The largest absolute Gasteiger partial charge is 0.492 e. The minimum atomic E-state index is -0.499. The molecule has 38 heavy (non-hydrogen) atoms. The van der Waals surface area contributed by atoms with E-state index in [1.165, 1.54) is 0 Å². The zero-order valence-corrected chi connectivity index (χ0v) is 21.0. The lowest BCUT2D eigenvalue weighted by atomic mass is 9.96. The summed E-state index contributed by atoms with van der Waals surface area (Å²) in [4.78, 5) is 31.0. The highest BCUT2D eigenvalue weighted by atomic mass is 79.9. The van der Waals surface area contributed by atoms with Gasteiger partial charge in [-0.25, -0.2) is 14.8 Å². The zero-order chi connectivity index (χ0) is 25.8. The predicted octanol–water partition coefficient (Wildman–Crippen LogP) is 6.74. The topological polar surface area (TPSA) is 115 Å². The lowest BCUT2D eigenvalue weighted by Crippen LogP contribution is -2.04. The van der Waals surface area contributed by atoms with E-state index in [9.17, 15) is 9.90 Å². The lowest BCUT2D eigenvalue weighted by molar-refractivity contribution is 0.456. The van der Waals surface area contributed by atoms with Crippen LogP contribution >= 0.6 is 15.9 Å². The van der Waals surface area contributed by atoms with E-state index in [0.29, 0.717) is 60.5 Å². The van der Waals surface area contributed by atoms with Crippen LogP contribution in [0.5, 0.6) is 5.88 Å². The summed E-state index contributed by atoms with van der Waals surface area (Å²) in [5, 5.41) is 11.8. The van der Waals surface area contributed by atoms with E-state index in [-0.39, 0.29) is 5.88 Å². The quantitative estimate of drug-likeness (QED) is 0.235. The summed E-state index contributed by atoms with van der Waals surface area (Å²) < 4.78 is 12.0. The second-order valence-electron chi connectivity index (χ2n) is 8.60. The highest BCUT2D eigenvalue weighted by molar-refractivity contribution is 9.10. The zero-order valence-electron chi connectivity index (χ0n) is 19.4. The summed E-state index contributed by atoms with van der Waals surface area (Å²) in [7, 11) is 0. The van der Waals surface area contributed by atoms with Gasteiger partial charge in [0.15, 0.2) is 4.67 Å². The smallest absolute Gasteiger partial charge is 0.344 e. The van der Waals surface area contributed by atoms with E-state index in [2.05, 4.69) is 30.9 Å². The van der Waals surface area contributed by atoms with Gasteiger partial charge in [-0.3, -0.25) is 9.97 Å². The maximum absolute atomic E-state index is 13.1. The van der Waals surface area contributed by atoms with Gasteiger partial charge < -0.3 is 13.9 Å². The second-order valence-corrected chi connectivity index (χ2v) is 9.38. The van der Waals surface area contributed by atoms with Crippen molar-refractivity contribution in [3.05, 3.63) is 100 Å². The first kappa shape index (κ1) is 22.3. The molecule has 0 fully saturated rings. The van der Waals surface area contributed by atoms with Gasteiger partial charge >= 0.3 is 5.63 Å². The van der Waals surface area contributed by atoms with Gasteiger partial charge in [0.1, 0.15) is 22.6 Å². The molecule has 182 valence electrons. The number of hydrogen-bond acceptors (Lipinski definition) is 8. The van der Waals surface area contributed by atoms with Crippen molar-refractivity contribution in [2.45, 2.75) is 0 Å². The number of rotatable bonds is 3. The minimum Gasteiger partial charge on any atom is -0.492 e. The van der Waals surface area contributed by atoms with Crippen LogP contribution < -0.4 is 5.63 Å². The Morgan fingerprint density at radius 1 is 0.763 bits per heavy atom. The number of benzene rings is 3. The molecule has 3 aromatic carbocycles. The first-order valence-corrected chi connectivity index (χ1v) is 12.4. The van der Waals surface area contributed by atoms with Crippen LogP contribution in [-0.2, 0) is 0 Å². The Morgan fingerprint density at radius 3 is 2.42 bits per heavy atom. The summed E-state index contributed by atoms with van der Waals surface area (Å²) in [6, 6.07) is 21.6. The van der Waals surface area contributed by atoms with Gasteiger partial charge in [-0.05, 0) is 58.4 Å². The molecule has 1 N–H and O–H groups in total. The number of furan rings is 1. The van der Waals surface area contributed by atoms with Crippen LogP contribution in [0.25, 0.3) is 66.7 Å². The van der Waals surface area contributed by atoms with Crippen LogP contribution in [0.2, 0.25) is 0 Å². The molecule has 0 atom stereocenters. The van der Waals surface area contributed by atoms with E-state index in [0.717, 1.165) is 10.9 Å². The number of halogens is 1. The summed E-state index contributed by atoms with van der Waals surface area (Å²) in [6.45, 7) is 0. The summed E-state index contributed by atoms with van der Waals surface area (Å²) in [5.74, 6) is 0.183. The number of para-hydroxylation sites is 1. The molecule has 0 aliphatic carbocycles. The Kier molecular flexibility index (Phi) is 5.05. The van der Waals surface area contributed by atoms with Gasteiger partial charge in [0.2, 0.25) is 5.88 Å². The van der Waals surface area contributed by atoms with Crippen molar-refractivity contribution in [3.63, 3.8) is 0 Å². The van der Waals surface area contributed by atoms with Gasteiger partial charge in [-0.15, -0.1) is 0 Å². The SMILES string of the molecule is O=c1oc2ccccc2cc1-c1ccc2nc(-c3ccc4nccnc4c3)c(O)nc2c1-c1ccc(Br)o1. The Balaban J connectivity index is 1.49. The maximum Gasteiger partial charge on any atom is 0.344 e. The molecule has 0 aliphatic heterocycles. The number of aromatic nitrogens is 4. The Hall–Kier alpha value is -4.89. The van der Waals surface area contributed by atoms with Gasteiger partial charge in [0, 0.05) is 28.9 Å². The Morgan fingerprint density at radius 2 is 1.58 bits per heavy atom. The molecule has 4 aromatic heterocycles. The molecule has 8 nitrogen and oxygen atoms in total. The van der Waals surface area contributed by atoms with Crippen LogP contribution in [-0.4, -0.2) is 25.0 Å². The average molecular weight is 563 g/mol. The molecule has 0 bridgehead atoms. The van der Waals surface area contributed by atoms with Gasteiger partial charge in [-0.1, -0.05) is 30.3 Å². The highest BCUT2D eigenvalue weighted by Crippen LogP contribution is 2.40. The van der Waals surface area contributed by atoms with E-state index >= 15 is 0 Å². The summed E-state index contributed by atoms with van der Waals surface area (Å²) in [6.07, 6.45) is 3.23. The van der Waals surface area contributed by atoms with Crippen LogP contribution in [0.15, 0.2) is 103 Å². The molecule has 4 heterocycles. The molecule has 9 heteroatoms. The molecule has 7 aromatic rings. The number of nitrogens with zero attached hydrogens (tertiary/aromatic N) is 4. The second kappa shape index (κ2) is 8.60. The molecule has 0 unspecified atom stereocenters.